The van der Waals surface area contributed by atoms with Crippen LogP contribution >= 0.6 is 25.3 Å². The van der Waals surface area contributed by atoms with Gasteiger partial charge in [0.2, 0.25) is 0 Å². The van der Waals surface area contributed by atoms with E-state index in [0.29, 0.717) is 61.2 Å². The van der Waals surface area contributed by atoms with Gasteiger partial charge in [-0.2, -0.15) is 23.8 Å². The average molecular weight is 961 g/mol. The second-order valence-corrected chi connectivity index (χ2v) is 18.5. The Labute approximate surface area is 421 Å². The number of nitrogens with one attached hydrogen (secondary N) is 2. The van der Waals surface area contributed by atoms with E-state index in [1.54, 1.807) is 42.5 Å². The summed E-state index contributed by atoms with van der Waals surface area (Å²) in [4.78, 5) is 14.2. The van der Waals surface area contributed by atoms with Gasteiger partial charge in [-0.3, -0.25) is 9.35 Å². The third-order valence-corrected chi connectivity index (χ3v) is 12.2. The van der Waals surface area contributed by atoms with Gasteiger partial charge in [0.05, 0.1) is 22.6 Å². The average Bonchev–Trinajstić information content (AvgIpc) is 3.25. The summed E-state index contributed by atoms with van der Waals surface area (Å²) < 4.78 is 36.6. The van der Waals surface area contributed by atoms with Crippen molar-refractivity contribution in [2.24, 2.45) is 32.1 Å². The van der Waals surface area contributed by atoms with Crippen molar-refractivity contribution < 1.29 is 56.6 Å². The Balaban J connectivity index is 0.00000666. The first-order valence-electron chi connectivity index (χ1n) is 20.7. The van der Waals surface area contributed by atoms with E-state index >= 15 is 0 Å². The van der Waals surface area contributed by atoms with Crippen molar-refractivity contribution in [2.75, 3.05) is 5.32 Å². The second-order valence-electron chi connectivity index (χ2n) is 16.5. The van der Waals surface area contributed by atoms with Crippen molar-refractivity contribution in [3.63, 3.8) is 0 Å². The van der Waals surface area contributed by atoms with Crippen molar-refractivity contribution in [3.8, 4) is 5.75 Å². The molecule has 8 rings (SSSR count). The van der Waals surface area contributed by atoms with Crippen LogP contribution < -0.4 is 45.9 Å². The maximum absolute atomic E-state index is 13.1. The van der Waals surface area contributed by atoms with Crippen LogP contribution in [0.5, 0.6) is 5.75 Å². The van der Waals surface area contributed by atoms with Crippen LogP contribution in [-0.2, 0) is 14.6 Å². The topological polar surface area (TPSA) is 215 Å². The van der Waals surface area contributed by atoms with Gasteiger partial charge in [-0.15, -0.1) is 41.7 Å². The maximum atomic E-state index is 13.1. The largest absolute Gasteiger partial charge is 1.00 e. The molecule has 0 aliphatic heterocycles. The number of aromatic hydroxyl groups is 1. The van der Waals surface area contributed by atoms with E-state index in [1.807, 2.05) is 87.5 Å². The predicted molar refractivity (Wildman–Crippen MR) is 265 cm³/mol. The molecule has 14 nitrogen and oxygen atoms in total. The fraction of sp³-hybridized carbons (Fsp3) is 0.163. The molecule has 0 bridgehead atoms. The molecular formula is C49H45N8NaO6S3. The Morgan fingerprint density at radius 3 is 2.28 bits per heavy atom. The number of nitrogens with zero attached hydrogens (tertiary/aromatic N) is 5. The number of phenols is 1. The Bertz CT molecular complexity index is 3200. The SMILES string of the molecule is Cc1cc(N=Nc2c(S)cc3cc(NC4(C)C=CC(N)=CC4)ccc3c2O)c(C)cc1N=Nc1ccc([N-]c2ccc(C(=O)NC3=CC4CC(S)=CC(OS(=O)(=O)O)=C4C=C3)cc2)c(C)c1.[Na+]. The molecule has 0 saturated heterocycles. The van der Waals surface area contributed by atoms with E-state index in [4.69, 9.17) is 15.2 Å². The zero-order valence-electron chi connectivity index (χ0n) is 37.2. The Morgan fingerprint density at radius 2 is 1.61 bits per heavy atom. The number of aryl methyl sites for hydroxylation is 3. The van der Waals surface area contributed by atoms with Crippen LogP contribution in [0.3, 0.4) is 0 Å². The molecule has 2 atom stereocenters. The zero-order valence-corrected chi connectivity index (χ0v) is 41.8. The summed E-state index contributed by atoms with van der Waals surface area (Å²) >= 11 is 9.02. The number of allylic oxidation sites excluding steroid dienone is 7. The number of carbonyl (C=O) groups excluding carboxylic acids is 1. The number of amides is 1. The molecule has 0 spiro atoms. The summed E-state index contributed by atoms with van der Waals surface area (Å²) in [6, 6.07) is 23.8. The molecule has 0 radical (unpaired) electrons. The number of nitrogens with two attached hydrogens (primary N) is 1. The Hall–Kier alpha value is -5.92. The first kappa shape index (κ1) is 49.0. The molecule has 0 saturated carbocycles. The van der Waals surface area contributed by atoms with Gasteiger partial charge >= 0.3 is 40.0 Å². The standard InChI is InChI=1S/C49H46N8O6S3.Na/c1-27-19-37(11-14-41(27)51-34-7-5-30(6-8-34)48(59)52-35-9-12-39-31(22-35)24-38(64)26-44(39)63-66(60,61)62)54-55-42-20-29(3)43(21-28(42)2)56-57-46-45(65)25-32-23-36(10-13-40(32)47(46)58)53-49(4)17-15-33(50)16-18-49;/h5-17,19-23,25-26,31H,18,24,50H2,1-4H3,(H7,51,52,53,54,55,56,57,58,59,60,61,62,64,65);/q;+1/p-1. The van der Waals surface area contributed by atoms with E-state index in [2.05, 4.69) is 69.3 Å². The van der Waals surface area contributed by atoms with Crippen molar-refractivity contribution in [1.29, 1.82) is 0 Å². The van der Waals surface area contributed by atoms with Gasteiger partial charge < -0.3 is 31.0 Å². The first-order valence-corrected chi connectivity index (χ1v) is 23.0. The number of anilines is 1. The van der Waals surface area contributed by atoms with Crippen LogP contribution in [0.1, 0.15) is 46.8 Å². The van der Waals surface area contributed by atoms with Crippen LogP contribution in [-0.4, -0.2) is 29.5 Å². The van der Waals surface area contributed by atoms with Gasteiger partial charge in [0.25, 0.3) is 5.91 Å². The molecule has 0 heterocycles. The van der Waals surface area contributed by atoms with Gasteiger partial charge in [0.1, 0.15) is 11.4 Å². The molecule has 6 N–H and O–H groups in total. The van der Waals surface area contributed by atoms with Gasteiger partial charge in [0.15, 0.2) is 5.75 Å². The third-order valence-electron chi connectivity index (χ3n) is 11.2. The number of thiol groups is 2. The first-order chi connectivity index (χ1) is 31.4. The van der Waals surface area contributed by atoms with Gasteiger partial charge in [-0.25, -0.2) is 0 Å². The number of phenolic OH excluding ortho intramolecular Hbond substituents is 1. The molecule has 5 aromatic rings. The zero-order chi connectivity index (χ0) is 46.9. The maximum Gasteiger partial charge on any atom is 1.00 e. The smallest absolute Gasteiger partial charge is 0.658 e. The quantitative estimate of drug-likeness (QED) is 0.0276. The van der Waals surface area contributed by atoms with Crippen molar-refractivity contribution in [3.05, 3.63) is 177 Å². The molecule has 67 heavy (non-hydrogen) atoms. The van der Waals surface area contributed by atoms with E-state index in [1.165, 1.54) is 6.08 Å². The normalized spacial score (nSPS) is 18.0. The van der Waals surface area contributed by atoms with E-state index in [-0.39, 0.29) is 64.1 Å². The number of azo groups is 2. The van der Waals surface area contributed by atoms with Crippen molar-refractivity contribution >= 4 is 92.1 Å². The summed E-state index contributed by atoms with van der Waals surface area (Å²) in [6.45, 7) is 7.86. The summed E-state index contributed by atoms with van der Waals surface area (Å²) in [7, 11) is -4.72. The fourth-order valence-corrected chi connectivity index (χ4v) is 8.64. The number of fused-ring (bicyclic) bond motifs is 2. The van der Waals surface area contributed by atoms with E-state index < -0.39 is 10.4 Å². The van der Waals surface area contributed by atoms with Crippen LogP contribution in [0.15, 0.2) is 174 Å². The predicted octanol–water partition coefficient (Wildman–Crippen LogP) is 9.99. The third kappa shape index (κ3) is 11.8. The number of carbonyl (C=O) groups is 1. The molecule has 0 fully saturated rings. The summed E-state index contributed by atoms with van der Waals surface area (Å²) in [5.74, 6) is -0.679. The van der Waals surface area contributed by atoms with Crippen LogP contribution in [0, 0.1) is 26.7 Å². The molecule has 336 valence electrons. The monoisotopic (exact) mass is 960 g/mol. The van der Waals surface area contributed by atoms with Gasteiger partial charge in [-0.05, 0) is 129 Å². The number of hydrogen-bond acceptors (Lipinski definition) is 13. The molecule has 3 aliphatic carbocycles. The molecule has 18 heteroatoms. The molecule has 1 amide bonds. The summed E-state index contributed by atoms with van der Waals surface area (Å²) in [5, 5.41) is 41.9. The minimum absolute atomic E-state index is 0. The Morgan fingerprint density at radius 1 is 0.896 bits per heavy atom. The molecule has 2 unspecified atom stereocenters. The minimum atomic E-state index is -4.72. The van der Waals surface area contributed by atoms with Crippen LogP contribution in [0.2, 0.25) is 0 Å². The van der Waals surface area contributed by atoms with E-state index in [0.717, 1.165) is 45.6 Å². The fourth-order valence-electron chi connectivity index (χ4n) is 7.67. The summed E-state index contributed by atoms with van der Waals surface area (Å²) in [5.41, 5.74) is 14.9. The van der Waals surface area contributed by atoms with Crippen molar-refractivity contribution in [2.45, 2.75) is 51.0 Å². The van der Waals surface area contributed by atoms with Crippen molar-refractivity contribution in [1.82, 2.24) is 5.32 Å². The van der Waals surface area contributed by atoms with Crippen LogP contribution in [0.4, 0.5) is 39.8 Å². The van der Waals surface area contributed by atoms with Crippen LogP contribution in [0.25, 0.3) is 16.1 Å². The molecule has 5 aromatic carbocycles. The van der Waals surface area contributed by atoms with Gasteiger partial charge in [0, 0.05) is 44.4 Å². The number of rotatable bonds is 12. The number of hydrogen-bond donors (Lipinski definition) is 7. The summed E-state index contributed by atoms with van der Waals surface area (Å²) in [6.07, 6.45) is 13.7. The van der Waals surface area contributed by atoms with Gasteiger partial charge in [-0.1, -0.05) is 60.2 Å². The van der Waals surface area contributed by atoms with E-state index in [9.17, 15) is 22.9 Å². The number of benzene rings is 5. The molecular weight excluding hydrogens is 916 g/mol. The molecule has 3 aliphatic rings. The Kier molecular flexibility index (Phi) is 14.7. The second kappa shape index (κ2) is 20.1. The minimum Gasteiger partial charge on any atom is -0.658 e. The molecule has 0 aromatic heterocycles.